The van der Waals surface area contributed by atoms with Gasteiger partial charge in [0, 0.05) is 12.0 Å². The van der Waals surface area contributed by atoms with Gasteiger partial charge in [0.25, 0.3) is 0 Å². The van der Waals surface area contributed by atoms with Crippen LogP contribution in [-0.4, -0.2) is 37.5 Å². The Balaban J connectivity index is 1.37. The minimum Gasteiger partial charge on any atom is -0.352 e. The highest BCUT2D eigenvalue weighted by Gasteiger charge is 2.57. The molecule has 0 radical (unpaired) electrons. The Morgan fingerprint density at radius 3 is 2.52 bits per heavy atom. The van der Waals surface area contributed by atoms with Gasteiger partial charge in [0.05, 0.1) is 6.54 Å². The predicted octanol–water partition coefficient (Wildman–Crippen LogP) is 0.941. The second-order valence-electron chi connectivity index (χ2n) is 6.99. The van der Waals surface area contributed by atoms with Crippen molar-refractivity contribution in [3.05, 3.63) is 0 Å². The second kappa shape index (κ2) is 6.34. The van der Waals surface area contributed by atoms with Gasteiger partial charge in [0.1, 0.15) is 0 Å². The van der Waals surface area contributed by atoms with Gasteiger partial charge in [0.15, 0.2) is 0 Å². The first-order chi connectivity index (χ1) is 10.2. The Bertz CT molecular complexity index is 398. The van der Waals surface area contributed by atoms with Crippen molar-refractivity contribution >= 4 is 11.8 Å². The molecule has 1 spiro atoms. The first-order valence-corrected chi connectivity index (χ1v) is 8.47. The summed E-state index contributed by atoms with van der Waals surface area (Å²) in [7, 11) is 0. The van der Waals surface area contributed by atoms with Gasteiger partial charge in [-0.15, -0.1) is 0 Å². The summed E-state index contributed by atoms with van der Waals surface area (Å²) in [5, 5.41) is 9.21. The first kappa shape index (κ1) is 14.8. The monoisotopic (exact) mass is 293 g/mol. The Morgan fingerprint density at radius 2 is 1.81 bits per heavy atom. The van der Waals surface area contributed by atoms with Gasteiger partial charge in [0.2, 0.25) is 11.8 Å². The average Bonchev–Trinajstić information content (AvgIpc) is 3.20. The van der Waals surface area contributed by atoms with E-state index < -0.39 is 0 Å². The van der Waals surface area contributed by atoms with Crippen molar-refractivity contribution in [1.82, 2.24) is 16.0 Å². The van der Waals surface area contributed by atoms with Crippen LogP contribution in [-0.2, 0) is 9.59 Å². The number of hydrogen-bond acceptors (Lipinski definition) is 3. The van der Waals surface area contributed by atoms with E-state index in [1.807, 2.05) is 0 Å². The molecule has 0 aromatic rings. The number of nitrogens with one attached hydrogen (secondary N) is 3. The van der Waals surface area contributed by atoms with Gasteiger partial charge in [-0.1, -0.05) is 19.3 Å². The lowest BCUT2D eigenvalue weighted by Gasteiger charge is -2.24. The molecule has 3 aliphatic rings. The largest absolute Gasteiger partial charge is 0.352 e. The van der Waals surface area contributed by atoms with Crippen LogP contribution in [0, 0.1) is 11.3 Å². The predicted molar refractivity (Wildman–Crippen MR) is 80.7 cm³/mol. The number of hydrogen-bond donors (Lipinski definition) is 3. The normalized spacial score (nSPS) is 28.1. The van der Waals surface area contributed by atoms with Crippen LogP contribution in [0.5, 0.6) is 0 Å². The molecule has 21 heavy (non-hydrogen) atoms. The number of rotatable bonds is 4. The lowest BCUT2D eigenvalue weighted by molar-refractivity contribution is -0.127. The average molecular weight is 293 g/mol. The first-order valence-electron chi connectivity index (χ1n) is 8.47. The molecule has 0 bridgehead atoms. The van der Waals surface area contributed by atoms with Crippen molar-refractivity contribution in [1.29, 1.82) is 0 Å². The third-order valence-corrected chi connectivity index (χ3v) is 5.50. The Kier molecular flexibility index (Phi) is 4.48. The van der Waals surface area contributed by atoms with E-state index in [9.17, 15) is 9.59 Å². The molecule has 2 saturated carbocycles. The quantitative estimate of drug-likeness (QED) is 0.722. The molecule has 1 heterocycles. The lowest BCUT2D eigenvalue weighted by Crippen LogP contribution is -2.43. The van der Waals surface area contributed by atoms with Gasteiger partial charge in [-0.3, -0.25) is 9.59 Å². The number of piperidine rings is 1. The van der Waals surface area contributed by atoms with Crippen LogP contribution < -0.4 is 16.0 Å². The summed E-state index contributed by atoms with van der Waals surface area (Å²) in [5.74, 6) is 0.188. The second-order valence-corrected chi connectivity index (χ2v) is 6.99. The fraction of sp³-hybridized carbons (Fsp3) is 0.875. The van der Waals surface area contributed by atoms with Gasteiger partial charge in [-0.05, 0) is 50.6 Å². The molecule has 1 atom stereocenters. The molecule has 2 amide bonds. The molecule has 118 valence electrons. The molecule has 1 saturated heterocycles. The maximum absolute atomic E-state index is 12.2. The van der Waals surface area contributed by atoms with Crippen LogP contribution in [0.4, 0.5) is 0 Å². The highest BCUT2D eigenvalue weighted by atomic mass is 16.2. The van der Waals surface area contributed by atoms with Crippen LogP contribution in [0.3, 0.4) is 0 Å². The van der Waals surface area contributed by atoms with Gasteiger partial charge in [-0.2, -0.15) is 0 Å². The minimum absolute atomic E-state index is 0.0322. The maximum Gasteiger partial charge on any atom is 0.239 e. The van der Waals surface area contributed by atoms with Crippen LogP contribution in [0.2, 0.25) is 0 Å². The van der Waals surface area contributed by atoms with Crippen molar-refractivity contribution in [2.75, 3.05) is 19.6 Å². The van der Waals surface area contributed by atoms with Crippen LogP contribution in [0.25, 0.3) is 0 Å². The molecule has 3 fully saturated rings. The summed E-state index contributed by atoms with van der Waals surface area (Å²) in [6.07, 6.45) is 9.05. The van der Waals surface area contributed by atoms with Crippen LogP contribution in [0.15, 0.2) is 0 Å². The molecular formula is C16H27N3O2. The zero-order valence-electron chi connectivity index (χ0n) is 12.7. The van der Waals surface area contributed by atoms with E-state index >= 15 is 0 Å². The van der Waals surface area contributed by atoms with E-state index in [0.717, 1.165) is 45.2 Å². The summed E-state index contributed by atoms with van der Waals surface area (Å²) < 4.78 is 0. The molecule has 5 nitrogen and oxygen atoms in total. The van der Waals surface area contributed by atoms with Crippen molar-refractivity contribution in [3.8, 4) is 0 Å². The summed E-state index contributed by atoms with van der Waals surface area (Å²) >= 11 is 0. The van der Waals surface area contributed by atoms with Crippen molar-refractivity contribution < 1.29 is 9.59 Å². The summed E-state index contributed by atoms with van der Waals surface area (Å²) in [5.41, 5.74) is 0.245. The smallest absolute Gasteiger partial charge is 0.239 e. The summed E-state index contributed by atoms with van der Waals surface area (Å²) in [6.45, 7) is 2.18. The zero-order chi connectivity index (χ0) is 14.7. The van der Waals surface area contributed by atoms with Gasteiger partial charge < -0.3 is 16.0 Å². The van der Waals surface area contributed by atoms with Crippen molar-refractivity contribution in [3.63, 3.8) is 0 Å². The van der Waals surface area contributed by atoms with Gasteiger partial charge in [-0.25, -0.2) is 0 Å². The fourth-order valence-electron chi connectivity index (χ4n) is 4.01. The standard InChI is InChI=1S/C16H27N3O2/c20-14(19-12-4-2-1-3-5-12)11-18-15(21)13-10-16(13)6-8-17-9-7-16/h12-13,17H,1-11H2,(H,18,21)(H,19,20). The molecule has 2 aliphatic carbocycles. The number of carbonyl (C=O) groups is 2. The Hall–Kier alpha value is -1.10. The molecular weight excluding hydrogens is 266 g/mol. The van der Waals surface area contributed by atoms with E-state index in [1.54, 1.807) is 0 Å². The van der Waals surface area contributed by atoms with Crippen molar-refractivity contribution in [2.45, 2.75) is 57.4 Å². The topological polar surface area (TPSA) is 70.2 Å². The molecule has 3 N–H and O–H groups in total. The number of amides is 2. The number of carbonyl (C=O) groups excluding carboxylic acids is 2. The molecule has 0 aromatic carbocycles. The zero-order valence-corrected chi connectivity index (χ0v) is 12.7. The summed E-state index contributed by atoms with van der Waals surface area (Å²) in [6, 6.07) is 0.319. The maximum atomic E-state index is 12.2. The highest BCUT2D eigenvalue weighted by Crippen LogP contribution is 2.58. The molecule has 5 heteroatoms. The van der Waals surface area contributed by atoms with E-state index in [2.05, 4.69) is 16.0 Å². The SMILES string of the molecule is O=C(CNC(=O)C1CC12CCNCC2)NC1CCCCC1. The minimum atomic E-state index is -0.0322. The van der Waals surface area contributed by atoms with E-state index in [4.69, 9.17) is 0 Å². The van der Waals surface area contributed by atoms with Gasteiger partial charge >= 0.3 is 0 Å². The summed E-state index contributed by atoms with van der Waals surface area (Å²) in [4.78, 5) is 24.1. The Labute approximate surface area is 126 Å². The van der Waals surface area contributed by atoms with Crippen LogP contribution >= 0.6 is 0 Å². The Morgan fingerprint density at radius 1 is 1.10 bits per heavy atom. The van der Waals surface area contributed by atoms with E-state index in [1.165, 1.54) is 19.3 Å². The van der Waals surface area contributed by atoms with Crippen molar-refractivity contribution in [2.24, 2.45) is 11.3 Å². The highest BCUT2D eigenvalue weighted by molar-refractivity contribution is 5.87. The fourth-order valence-corrected chi connectivity index (χ4v) is 4.01. The third-order valence-electron chi connectivity index (χ3n) is 5.50. The molecule has 3 rings (SSSR count). The van der Waals surface area contributed by atoms with Crippen LogP contribution in [0.1, 0.15) is 51.4 Å². The molecule has 1 unspecified atom stereocenters. The lowest BCUT2D eigenvalue weighted by atomic mass is 9.92. The van der Waals surface area contributed by atoms with E-state index in [0.29, 0.717) is 6.04 Å². The third kappa shape index (κ3) is 3.57. The van der Waals surface area contributed by atoms with E-state index in [-0.39, 0.29) is 29.7 Å². The molecule has 0 aromatic heterocycles. The molecule has 1 aliphatic heterocycles.